The molecule has 3 heterocycles. The summed E-state index contributed by atoms with van der Waals surface area (Å²) < 4.78 is 5.39. The van der Waals surface area contributed by atoms with E-state index >= 15 is 0 Å². The maximum absolute atomic E-state index is 11.0. The molecule has 1 aliphatic rings. The van der Waals surface area contributed by atoms with Crippen LogP contribution in [-0.2, 0) is 9.53 Å². The van der Waals surface area contributed by atoms with E-state index in [2.05, 4.69) is 35.5 Å². The zero-order valence-corrected chi connectivity index (χ0v) is 14.6. The predicted octanol–water partition coefficient (Wildman–Crippen LogP) is -0.0996. The van der Waals surface area contributed by atoms with Crippen LogP contribution in [0.5, 0.6) is 0 Å². The Kier molecular flexibility index (Phi) is 5.74. The van der Waals surface area contributed by atoms with Gasteiger partial charge in [-0.1, -0.05) is 0 Å². The highest BCUT2D eigenvalue weighted by molar-refractivity contribution is 5.72. The molecule has 10 heteroatoms. The topological polar surface area (TPSA) is 131 Å². The fourth-order valence-electron chi connectivity index (χ4n) is 2.48. The molecule has 0 radical (unpaired) electrons. The number of ether oxygens (including phenoxy) is 1. The van der Waals surface area contributed by atoms with E-state index < -0.39 is 0 Å². The molecule has 1 amide bonds. The summed E-state index contributed by atoms with van der Waals surface area (Å²) in [6.07, 6.45) is 3.27. The first-order chi connectivity index (χ1) is 12.6. The Labute approximate surface area is 151 Å². The average Bonchev–Trinajstić information content (AvgIpc) is 2.66. The van der Waals surface area contributed by atoms with Crippen LogP contribution in [0.4, 0.5) is 17.7 Å². The van der Waals surface area contributed by atoms with Crippen LogP contribution in [0.15, 0.2) is 18.5 Å². The normalized spacial score (nSPS) is 14.1. The first-order valence-electron chi connectivity index (χ1n) is 8.40. The Morgan fingerprint density at radius 2 is 1.96 bits per heavy atom. The van der Waals surface area contributed by atoms with E-state index in [9.17, 15) is 4.79 Å². The SMILES string of the molecule is CC(=O)NCCNc1cc(-c2cnc(N)nc2)nc(N2CCOCC2)n1. The number of amides is 1. The van der Waals surface area contributed by atoms with Crippen LogP contribution < -0.4 is 21.3 Å². The van der Waals surface area contributed by atoms with Crippen LogP contribution in [0.1, 0.15) is 6.92 Å². The van der Waals surface area contributed by atoms with Gasteiger partial charge in [0.2, 0.25) is 17.8 Å². The van der Waals surface area contributed by atoms with Gasteiger partial charge in [-0.25, -0.2) is 15.0 Å². The Morgan fingerprint density at radius 3 is 2.65 bits per heavy atom. The summed E-state index contributed by atoms with van der Waals surface area (Å²) in [5.74, 6) is 1.43. The third-order valence-electron chi connectivity index (χ3n) is 3.78. The van der Waals surface area contributed by atoms with Gasteiger partial charge in [0.25, 0.3) is 0 Å². The molecule has 1 saturated heterocycles. The summed E-state index contributed by atoms with van der Waals surface area (Å²) >= 11 is 0. The van der Waals surface area contributed by atoms with Crippen molar-refractivity contribution in [3.05, 3.63) is 18.5 Å². The zero-order chi connectivity index (χ0) is 18.4. The Hall–Kier alpha value is -3.01. The Bertz CT molecular complexity index is 746. The molecule has 4 N–H and O–H groups in total. The minimum Gasteiger partial charge on any atom is -0.378 e. The molecule has 1 aliphatic heterocycles. The van der Waals surface area contributed by atoms with Gasteiger partial charge in [-0.3, -0.25) is 4.79 Å². The summed E-state index contributed by atoms with van der Waals surface area (Å²) in [7, 11) is 0. The molecule has 2 aromatic rings. The Morgan fingerprint density at radius 1 is 1.23 bits per heavy atom. The fraction of sp³-hybridized carbons (Fsp3) is 0.438. The third kappa shape index (κ3) is 4.76. The van der Waals surface area contributed by atoms with E-state index in [1.807, 2.05) is 6.07 Å². The number of anilines is 3. The molecule has 0 bridgehead atoms. The second-order valence-corrected chi connectivity index (χ2v) is 5.78. The van der Waals surface area contributed by atoms with Crippen molar-refractivity contribution >= 4 is 23.6 Å². The van der Waals surface area contributed by atoms with Gasteiger partial charge < -0.3 is 26.0 Å². The van der Waals surface area contributed by atoms with E-state index in [0.717, 1.165) is 18.7 Å². The van der Waals surface area contributed by atoms with E-state index in [-0.39, 0.29) is 11.9 Å². The van der Waals surface area contributed by atoms with Crippen LogP contribution in [0.25, 0.3) is 11.3 Å². The molecule has 0 spiro atoms. The smallest absolute Gasteiger partial charge is 0.228 e. The quantitative estimate of drug-likeness (QED) is 0.606. The second kappa shape index (κ2) is 8.39. The van der Waals surface area contributed by atoms with Gasteiger partial charge in [0, 0.05) is 57.1 Å². The number of rotatable bonds is 6. The molecule has 1 fully saturated rings. The molecule has 26 heavy (non-hydrogen) atoms. The number of nitrogen functional groups attached to an aromatic ring is 1. The number of hydrogen-bond acceptors (Lipinski definition) is 9. The average molecular weight is 358 g/mol. The van der Waals surface area contributed by atoms with Crippen molar-refractivity contribution in [3.8, 4) is 11.3 Å². The maximum atomic E-state index is 11.0. The number of hydrogen-bond donors (Lipinski definition) is 3. The lowest BCUT2D eigenvalue weighted by atomic mass is 10.2. The molecule has 138 valence electrons. The van der Waals surface area contributed by atoms with Gasteiger partial charge in [-0.05, 0) is 0 Å². The van der Waals surface area contributed by atoms with E-state index in [1.165, 1.54) is 6.92 Å². The van der Waals surface area contributed by atoms with Crippen molar-refractivity contribution in [1.29, 1.82) is 0 Å². The van der Waals surface area contributed by atoms with Gasteiger partial charge in [-0.2, -0.15) is 4.98 Å². The van der Waals surface area contributed by atoms with Gasteiger partial charge in [-0.15, -0.1) is 0 Å². The van der Waals surface area contributed by atoms with Gasteiger partial charge in [0.15, 0.2) is 0 Å². The highest BCUT2D eigenvalue weighted by Crippen LogP contribution is 2.22. The van der Waals surface area contributed by atoms with E-state index in [4.69, 9.17) is 10.5 Å². The summed E-state index contributed by atoms with van der Waals surface area (Å²) in [6.45, 7) is 5.29. The van der Waals surface area contributed by atoms with Crippen molar-refractivity contribution in [2.24, 2.45) is 0 Å². The molecule has 10 nitrogen and oxygen atoms in total. The van der Waals surface area contributed by atoms with E-state index in [1.54, 1.807) is 12.4 Å². The molecular formula is C16H22N8O2. The molecule has 0 aliphatic carbocycles. The van der Waals surface area contributed by atoms with Crippen LogP contribution in [0, 0.1) is 0 Å². The summed E-state index contributed by atoms with van der Waals surface area (Å²) in [6, 6.07) is 1.83. The maximum Gasteiger partial charge on any atom is 0.228 e. The van der Waals surface area contributed by atoms with Crippen molar-refractivity contribution in [3.63, 3.8) is 0 Å². The van der Waals surface area contributed by atoms with Crippen LogP contribution in [0.2, 0.25) is 0 Å². The summed E-state index contributed by atoms with van der Waals surface area (Å²) in [5.41, 5.74) is 7.01. The zero-order valence-electron chi connectivity index (χ0n) is 14.6. The van der Waals surface area contributed by atoms with Crippen molar-refractivity contribution in [2.75, 3.05) is 55.3 Å². The van der Waals surface area contributed by atoms with Crippen molar-refractivity contribution in [2.45, 2.75) is 6.92 Å². The number of nitrogens with two attached hydrogens (primary N) is 1. The lowest BCUT2D eigenvalue weighted by molar-refractivity contribution is -0.118. The molecule has 0 unspecified atom stereocenters. The number of carbonyl (C=O) groups is 1. The largest absolute Gasteiger partial charge is 0.378 e. The molecule has 2 aromatic heterocycles. The van der Waals surface area contributed by atoms with Gasteiger partial charge in [0.1, 0.15) is 5.82 Å². The standard InChI is InChI=1S/C16H22N8O2/c1-11(25)18-2-3-19-14-8-13(12-9-20-15(17)21-10-12)22-16(23-14)24-4-6-26-7-5-24/h8-10H,2-7H2,1H3,(H,18,25)(H2,17,20,21)(H,19,22,23). The molecule has 0 aromatic carbocycles. The molecule has 0 saturated carbocycles. The second-order valence-electron chi connectivity index (χ2n) is 5.78. The number of aromatic nitrogens is 4. The van der Waals surface area contributed by atoms with Crippen molar-refractivity contribution in [1.82, 2.24) is 25.3 Å². The van der Waals surface area contributed by atoms with Crippen molar-refractivity contribution < 1.29 is 9.53 Å². The molecule has 0 atom stereocenters. The van der Waals surface area contributed by atoms with Crippen LogP contribution >= 0.6 is 0 Å². The monoisotopic (exact) mass is 358 g/mol. The Balaban J connectivity index is 1.83. The summed E-state index contributed by atoms with van der Waals surface area (Å²) in [4.78, 5) is 30.3. The minimum absolute atomic E-state index is 0.0665. The highest BCUT2D eigenvalue weighted by Gasteiger charge is 2.16. The predicted molar refractivity (Wildman–Crippen MR) is 97.7 cm³/mol. The lowest BCUT2D eigenvalue weighted by Crippen LogP contribution is -2.37. The first kappa shape index (κ1) is 17.8. The van der Waals surface area contributed by atoms with Gasteiger partial charge >= 0.3 is 0 Å². The minimum atomic E-state index is -0.0665. The summed E-state index contributed by atoms with van der Waals surface area (Å²) in [5, 5.41) is 5.95. The number of nitrogens with zero attached hydrogens (tertiary/aromatic N) is 5. The highest BCUT2D eigenvalue weighted by atomic mass is 16.5. The first-order valence-corrected chi connectivity index (χ1v) is 8.40. The molecule has 3 rings (SSSR count). The van der Waals surface area contributed by atoms with Crippen LogP contribution in [0.3, 0.4) is 0 Å². The van der Waals surface area contributed by atoms with Crippen LogP contribution in [-0.4, -0.2) is 65.2 Å². The number of nitrogens with one attached hydrogen (secondary N) is 2. The number of carbonyl (C=O) groups excluding carboxylic acids is 1. The van der Waals surface area contributed by atoms with Gasteiger partial charge in [0.05, 0.1) is 18.9 Å². The lowest BCUT2D eigenvalue weighted by Gasteiger charge is -2.27. The third-order valence-corrected chi connectivity index (χ3v) is 3.78. The molecular weight excluding hydrogens is 336 g/mol. The number of morpholine rings is 1. The fourth-order valence-corrected chi connectivity index (χ4v) is 2.48. The van der Waals surface area contributed by atoms with E-state index in [0.29, 0.717) is 43.8 Å².